The van der Waals surface area contributed by atoms with E-state index in [1.807, 2.05) is 13.0 Å². The van der Waals surface area contributed by atoms with Crippen LogP contribution < -0.4 is 10.6 Å². The number of hydrogen-bond donors (Lipinski definition) is 2. The first kappa shape index (κ1) is 20.7. The molecule has 1 aromatic rings. The lowest BCUT2D eigenvalue weighted by atomic mass is 10.1. The summed E-state index contributed by atoms with van der Waals surface area (Å²) in [5.41, 5.74) is 1.01. The highest BCUT2D eigenvalue weighted by Gasteiger charge is 2.01. The largest absolute Gasteiger partial charge is 0.370 e. The van der Waals surface area contributed by atoms with Crippen LogP contribution in [0.2, 0.25) is 0 Å². The fraction of sp³-hybridized carbons (Fsp3) is 0.800. The van der Waals surface area contributed by atoms with Gasteiger partial charge in [0.1, 0.15) is 5.82 Å². The third-order valence-electron chi connectivity index (χ3n) is 4.22. The molecule has 0 saturated carbocycles. The monoisotopic (exact) mass is 334 g/mol. The predicted molar refractivity (Wildman–Crippen MR) is 106 cm³/mol. The van der Waals surface area contributed by atoms with E-state index in [1.165, 1.54) is 64.2 Å². The second kappa shape index (κ2) is 14.1. The Morgan fingerprint density at radius 1 is 0.708 bits per heavy atom. The molecule has 0 bridgehead atoms. The molecule has 2 N–H and O–H groups in total. The highest BCUT2D eigenvalue weighted by molar-refractivity contribution is 5.41. The minimum Gasteiger partial charge on any atom is -0.370 e. The lowest BCUT2D eigenvalue weighted by Gasteiger charge is -2.09. The Morgan fingerprint density at radius 3 is 1.96 bits per heavy atom. The van der Waals surface area contributed by atoms with Crippen molar-refractivity contribution in [2.75, 3.05) is 23.7 Å². The van der Waals surface area contributed by atoms with E-state index in [9.17, 15) is 0 Å². The molecule has 1 rings (SSSR count). The lowest BCUT2D eigenvalue weighted by Crippen LogP contribution is -2.09. The number of rotatable bonds is 15. The Bertz CT molecular complexity index is 420. The molecule has 0 unspecified atom stereocenters. The maximum absolute atomic E-state index is 4.52. The van der Waals surface area contributed by atoms with Crippen molar-refractivity contribution in [3.8, 4) is 0 Å². The van der Waals surface area contributed by atoms with Gasteiger partial charge in [0.2, 0.25) is 5.95 Å². The highest BCUT2D eigenvalue weighted by Crippen LogP contribution is 2.12. The van der Waals surface area contributed by atoms with Gasteiger partial charge in [0, 0.05) is 24.8 Å². The number of hydrogen-bond acceptors (Lipinski definition) is 4. The fourth-order valence-corrected chi connectivity index (χ4v) is 2.80. The summed E-state index contributed by atoms with van der Waals surface area (Å²) in [6, 6.07) is 2.02. The number of aromatic nitrogens is 2. The van der Waals surface area contributed by atoms with E-state index in [-0.39, 0.29) is 0 Å². The summed E-state index contributed by atoms with van der Waals surface area (Å²) in [5, 5.41) is 6.69. The van der Waals surface area contributed by atoms with Crippen LogP contribution in [-0.2, 0) is 0 Å². The minimum absolute atomic E-state index is 0.738. The maximum Gasteiger partial charge on any atom is 0.224 e. The summed E-state index contributed by atoms with van der Waals surface area (Å²) < 4.78 is 0. The maximum atomic E-state index is 4.52. The molecule has 4 nitrogen and oxygen atoms in total. The van der Waals surface area contributed by atoms with Crippen LogP contribution in [0.3, 0.4) is 0 Å². The summed E-state index contributed by atoms with van der Waals surface area (Å²) in [5.74, 6) is 1.68. The van der Waals surface area contributed by atoms with Gasteiger partial charge in [0.25, 0.3) is 0 Å². The molecule has 1 aromatic heterocycles. The van der Waals surface area contributed by atoms with Gasteiger partial charge in [-0.1, -0.05) is 71.6 Å². The zero-order chi connectivity index (χ0) is 17.5. The van der Waals surface area contributed by atoms with Crippen LogP contribution in [0.1, 0.15) is 90.2 Å². The summed E-state index contributed by atoms with van der Waals surface area (Å²) in [7, 11) is 0. The quantitative estimate of drug-likeness (QED) is 0.390. The Balaban J connectivity index is 2.05. The van der Waals surface area contributed by atoms with Crippen molar-refractivity contribution >= 4 is 11.8 Å². The average Bonchev–Trinajstić information content (AvgIpc) is 2.57. The average molecular weight is 335 g/mol. The lowest BCUT2D eigenvalue weighted by molar-refractivity contribution is 0.560. The number of anilines is 2. The Morgan fingerprint density at radius 2 is 1.33 bits per heavy atom. The van der Waals surface area contributed by atoms with Gasteiger partial charge in [-0.05, 0) is 19.8 Å². The topological polar surface area (TPSA) is 49.8 Å². The van der Waals surface area contributed by atoms with E-state index in [1.54, 1.807) is 0 Å². The van der Waals surface area contributed by atoms with Crippen LogP contribution >= 0.6 is 0 Å². The van der Waals surface area contributed by atoms with Crippen molar-refractivity contribution < 1.29 is 0 Å². The summed E-state index contributed by atoms with van der Waals surface area (Å²) in [6.45, 7) is 8.36. The highest BCUT2D eigenvalue weighted by atomic mass is 15.1. The Labute approximate surface area is 149 Å². The van der Waals surface area contributed by atoms with Gasteiger partial charge in [-0.2, -0.15) is 4.98 Å². The molecule has 0 aliphatic carbocycles. The minimum atomic E-state index is 0.738. The first-order chi connectivity index (χ1) is 11.8. The molecular weight excluding hydrogens is 296 g/mol. The zero-order valence-electron chi connectivity index (χ0n) is 16.2. The summed E-state index contributed by atoms with van der Waals surface area (Å²) in [4.78, 5) is 8.93. The zero-order valence-corrected chi connectivity index (χ0v) is 16.2. The first-order valence-corrected chi connectivity index (χ1v) is 10.1. The van der Waals surface area contributed by atoms with Crippen molar-refractivity contribution in [3.05, 3.63) is 11.8 Å². The Hall–Kier alpha value is -1.32. The standard InChI is InChI=1S/C20H38N4/c1-4-6-7-8-9-10-11-12-13-14-16-21-19-17-18(3)23-20(24-19)22-15-5-2/h17H,4-16H2,1-3H3,(H2,21,22,23,24). The van der Waals surface area contributed by atoms with Crippen molar-refractivity contribution in [1.82, 2.24) is 9.97 Å². The van der Waals surface area contributed by atoms with Gasteiger partial charge < -0.3 is 10.6 Å². The molecule has 0 fully saturated rings. The number of aryl methyl sites for hydroxylation is 1. The van der Waals surface area contributed by atoms with E-state index in [0.29, 0.717) is 0 Å². The molecule has 4 heteroatoms. The van der Waals surface area contributed by atoms with Crippen LogP contribution in [0.25, 0.3) is 0 Å². The molecule has 0 aliphatic rings. The van der Waals surface area contributed by atoms with Gasteiger partial charge in [0.15, 0.2) is 0 Å². The van der Waals surface area contributed by atoms with Crippen LogP contribution in [0.5, 0.6) is 0 Å². The molecule has 0 atom stereocenters. The second-order valence-electron chi connectivity index (χ2n) is 6.75. The molecule has 0 radical (unpaired) electrons. The predicted octanol–water partition coefficient (Wildman–Crippen LogP) is 5.94. The third-order valence-corrected chi connectivity index (χ3v) is 4.22. The van der Waals surface area contributed by atoms with Crippen molar-refractivity contribution in [2.24, 2.45) is 0 Å². The van der Waals surface area contributed by atoms with Crippen LogP contribution in [0, 0.1) is 6.92 Å². The van der Waals surface area contributed by atoms with Crippen molar-refractivity contribution in [3.63, 3.8) is 0 Å². The SMILES string of the molecule is CCCCCCCCCCCCNc1cc(C)nc(NCCC)n1. The molecule has 0 amide bonds. The first-order valence-electron chi connectivity index (χ1n) is 10.1. The molecule has 1 heterocycles. The normalized spacial score (nSPS) is 10.8. The molecule has 138 valence electrons. The fourth-order valence-electron chi connectivity index (χ4n) is 2.80. The molecule has 0 aliphatic heterocycles. The van der Waals surface area contributed by atoms with E-state index in [0.717, 1.165) is 37.0 Å². The van der Waals surface area contributed by atoms with Crippen LogP contribution in [-0.4, -0.2) is 23.1 Å². The summed E-state index contributed by atoms with van der Waals surface area (Å²) >= 11 is 0. The number of nitrogens with one attached hydrogen (secondary N) is 2. The van der Waals surface area contributed by atoms with Gasteiger partial charge in [-0.25, -0.2) is 4.98 Å². The van der Waals surface area contributed by atoms with E-state index < -0.39 is 0 Å². The van der Waals surface area contributed by atoms with Crippen molar-refractivity contribution in [1.29, 1.82) is 0 Å². The molecular formula is C20H38N4. The smallest absolute Gasteiger partial charge is 0.224 e. The number of unbranched alkanes of at least 4 members (excludes halogenated alkanes) is 9. The van der Waals surface area contributed by atoms with Gasteiger partial charge in [0.05, 0.1) is 0 Å². The van der Waals surface area contributed by atoms with Gasteiger partial charge in [-0.3, -0.25) is 0 Å². The van der Waals surface area contributed by atoms with E-state index >= 15 is 0 Å². The van der Waals surface area contributed by atoms with E-state index in [2.05, 4.69) is 34.4 Å². The number of nitrogens with zero attached hydrogens (tertiary/aromatic N) is 2. The van der Waals surface area contributed by atoms with Crippen molar-refractivity contribution in [2.45, 2.75) is 91.4 Å². The van der Waals surface area contributed by atoms with Crippen LogP contribution in [0.15, 0.2) is 6.07 Å². The second-order valence-corrected chi connectivity index (χ2v) is 6.75. The molecule has 0 aromatic carbocycles. The van der Waals surface area contributed by atoms with Gasteiger partial charge >= 0.3 is 0 Å². The molecule has 0 spiro atoms. The summed E-state index contributed by atoms with van der Waals surface area (Å²) in [6.07, 6.45) is 14.8. The van der Waals surface area contributed by atoms with Crippen LogP contribution in [0.4, 0.5) is 11.8 Å². The van der Waals surface area contributed by atoms with E-state index in [4.69, 9.17) is 0 Å². The Kier molecular flexibility index (Phi) is 12.1. The van der Waals surface area contributed by atoms with Gasteiger partial charge in [-0.15, -0.1) is 0 Å². The molecule has 0 saturated heterocycles. The third kappa shape index (κ3) is 10.5. The molecule has 24 heavy (non-hydrogen) atoms.